The van der Waals surface area contributed by atoms with Crippen molar-refractivity contribution in [2.45, 2.75) is 82.6 Å². The maximum atomic E-state index is 15.4. The van der Waals surface area contributed by atoms with Crippen LogP contribution in [0.4, 0.5) is 0 Å². The molecule has 2 heterocycles. The molecule has 5 rings (SSSR count). The lowest BCUT2D eigenvalue weighted by atomic mass is 9.88. The van der Waals surface area contributed by atoms with E-state index in [9.17, 15) is 9.59 Å². The molecule has 3 N–H and O–H groups in total. The Morgan fingerprint density at radius 2 is 1.39 bits per heavy atom. The van der Waals surface area contributed by atoms with Gasteiger partial charge in [0, 0.05) is 24.2 Å². The van der Waals surface area contributed by atoms with E-state index < -0.39 is 13.5 Å². The highest BCUT2D eigenvalue weighted by Gasteiger charge is 2.59. The van der Waals surface area contributed by atoms with E-state index in [1.807, 2.05) is 36.4 Å². The number of benzene rings is 2. The predicted molar refractivity (Wildman–Crippen MR) is 149 cm³/mol. The minimum atomic E-state index is -3.58. The first-order valence-electron chi connectivity index (χ1n) is 14.0. The van der Waals surface area contributed by atoms with Gasteiger partial charge in [0.1, 0.15) is 0 Å². The summed E-state index contributed by atoms with van der Waals surface area (Å²) in [5.74, 6) is -0.603. The van der Waals surface area contributed by atoms with Crippen LogP contribution in [0, 0.1) is 0 Å². The van der Waals surface area contributed by atoms with Gasteiger partial charge in [-0.15, -0.1) is 0 Å². The Morgan fingerprint density at radius 3 is 1.87 bits per heavy atom. The highest BCUT2D eigenvalue weighted by Crippen LogP contribution is 2.66. The maximum Gasteiger partial charge on any atom is 0.312 e. The van der Waals surface area contributed by atoms with Crippen LogP contribution in [-0.2, 0) is 14.2 Å². The summed E-state index contributed by atoms with van der Waals surface area (Å²) in [6.07, 6.45) is 5.73. The van der Waals surface area contributed by atoms with Gasteiger partial charge in [-0.05, 0) is 57.2 Å². The van der Waals surface area contributed by atoms with E-state index in [4.69, 9.17) is 0 Å². The van der Waals surface area contributed by atoms with Crippen LogP contribution < -0.4 is 15.7 Å². The molecule has 5 atom stereocenters. The lowest BCUT2D eigenvalue weighted by molar-refractivity contribution is -0.126. The summed E-state index contributed by atoms with van der Waals surface area (Å²) >= 11 is 0. The number of amides is 2. The standard InChI is InChI=1S/C29H40N5O3P/c1-21(23-12-5-3-6-13-23)33-26-17-9-10-18-27(26)34(22(2)24-14-7-4-8-15-24)38(33,37)32-28(35)20-31-29(36)25-16-11-19-30-25/h3-8,12-15,21-22,25-27,30H,9-11,16-20H2,1-2H3,(H,31,36)(H,32,35,37)/t21-,22-,25+,26-,27-/m1/s1. The maximum absolute atomic E-state index is 15.4. The SMILES string of the molecule is C[C@H](c1ccccc1)N1[C@@H]2CCCC[C@H]2N([C@H](C)c2ccccc2)P1(=O)NC(=O)CNC(=O)[C@@H]1CCCN1. The van der Waals surface area contributed by atoms with Gasteiger partial charge in [-0.25, -0.2) is 9.34 Å². The van der Waals surface area contributed by atoms with Crippen LogP contribution in [0.15, 0.2) is 60.7 Å². The number of carbonyl (C=O) groups is 2. The molecule has 204 valence electrons. The van der Waals surface area contributed by atoms with Crippen LogP contribution in [0.2, 0.25) is 0 Å². The van der Waals surface area contributed by atoms with Crippen molar-refractivity contribution < 1.29 is 14.2 Å². The summed E-state index contributed by atoms with van der Waals surface area (Å²) in [4.78, 5) is 25.9. The molecule has 8 nitrogen and oxygen atoms in total. The van der Waals surface area contributed by atoms with Gasteiger partial charge in [-0.2, -0.15) is 0 Å². The third-order valence-electron chi connectivity index (χ3n) is 8.43. The Morgan fingerprint density at radius 1 is 0.868 bits per heavy atom. The van der Waals surface area contributed by atoms with Crippen molar-refractivity contribution in [3.63, 3.8) is 0 Å². The van der Waals surface area contributed by atoms with Gasteiger partial charge < -0.3 is 10.6 Å². The minimum absolute atomic E-state index is 0.0635. The third kappa shape index (κ3) is 5.32. The fraction of sp³-hybridized carbons (Fsp3) is 0.517. The van der Waals surface area contributed by atoms with Crippen LogP contribution in [0.5, 0.6) is 0 Å². The molecule has 1 saturated carbocycles. The molecule has 2 aromatic rings. The van der Waals surface area contributed by atoms with Gasteiger partial charge in [0.2, 0.25) is 11.8 Å². The van der Waals surface area contributed by atoms with Gasteiger partial charge >= 0.3 is 7.59 Å². The second-order valence-corrected chi connectivity index (χ2v) is 13.0. The van der Waals surface area contributed by atoms with Crippen molar-refractivity contribution in [3.05, 3.63) is 71.8 Å². The van der Waals surface area contributed by atoms with Crippen molar-refractivity contribution in [2.75, 3.05) is 13.1 Å². The van der Waals surface area contributed by atoms with Crippen LogP contribution in [0.1, 0.15) is 75.6 Å². The molecule has 38 heavy (non-hydrogen) atoms. The van der Waals surface area contributed by atoms with E-state index in [0.717, 1.165) is 56.2 Å². The summed E-state index contributed by atoms with van der Waals surface area (Å²) in [6.45, 7) is 4.78. The normalized spacial score (nSPS) is 26.8. The number of nitrogens with one attached hydrogen (secondary N) is 3. The van der Waals surface area contributed by atoms with E-state index in [1.165, 1.54) is 0 Å². The van der Waals surface area contributed by atoms with E-state index in [2.05, 4.69) is 63.2 Å². The Kier molecular flexibility index (Phi) is 8.34. The van der Waals surface area contributed by atoms with Crippen molar-refractivity contribution in [1.82, 2.24) is 25.1 Å². The van der Waals surface area contributed by atoms with Gasteiger partial charge in [0.25, 0.3) is 0 Å². The Bertz CT molecular complexity index is 1090. The van der Waals surface area contributed by atoms with Crippen molar-refractivity contribution >= 4 is 19.4 Å². The number of rotatable bonds is 8. The summed E-state index contributed by atoms with van der Waals surface area (Å²) in [5.41, 5.74) is 2.14. The van der Waals surface area contributed by atoms with Gasteiger partial charge in [-0.1, -0.05) is 73.5 Å². The van der Waals surface area contributed by atoms with Crippen LogP contribution in [0.3, 0.4) is 0 Å². The third-order valence-corrected chi connectivity index (χ3v) is 11.5. The quantitative estimate of drug-likeness (QED) is 0.429. The van der Waals surface area contributed by atoms with Crippen molar-refractivity contribution in [3.8, 4) is 0 Å². The molecule has 3 aliphatic rings. The molecule has 0 aromatic heterocycles. The Labute approximate surface area is 226 Å². The molecule has 3 fully saturated rings. The fourth-order valence-electron chi connectivity index (χ4n) is 6.56. The first-order chi connectivity index (χ1) is 18.4. The topological polar surface area (TPSA) is 93.8 Å². The largest absolute Gasteiger partial charge is 0.346 e. The van der Waals surface area contributed by atoms with Crippen LogP contribution in [-0.4, -0.2) is 52.4 Å². The molecule has 2 aromatic carbocycles. The molecular weight excluding hydrogens is 497 g/mol. The van der Waals surface area contributed by atoms with E-state index in [1.54, 1.807) is 0 Å². The first-order valence-corrected chi connectivity index (χ1v) is 15.6. The monoisotopic (exact) mass is 537 g/mol. The van der Waals surface area contributed by atoms with Crippen molar-refractivity contribution in [2.24, 2.45) is 0 Å². The molecule has 9 heteroatoms. The second kappa shape index (κ2) is 11.7. The molecule has 2 amide bonds. The molecule has 0 unspecified atom stereocenters. The van der Waals surface area contributed by atoms with Crippen LogP contribution >= 0.6 is 7.59 Å². The number of carbonyl (C=O) groups excluding carboxylic acids is 2. The predicted octanol–water partition coefficient (Wildman–Crippen LogP) is 4.53. The van der Waals surface area contributed by atoms with Crippen molar-refractivity contribution in [1.29, 1.82) is 0 Å². The lowest BCUT2D eigenvalue weighted by Gasteiger charge is -2.38. The molecule has 0 radical (unpaired) electrons. The average Bonchev–Trinajstić information content (AvgIpc) is 3.57. The zero-order valence-corrected chi connectivity index (χ0v) is 23.3. The molecule has 2 aliphatic heterocycles. The summed E-state index contributed by atoms with van der Waals surface area (Å²) in [5, 5.41) is 8.91. The highest BCUT2D eigenvalue weighted by molar-refractivity contribution is 7.58. The van der Waals surface area contributed by atoms with Gasteiger partial charge in [-0.3, -0.25) is 19.2 Å². The zero-order chi connectivity index (χ0) is 26.7. The molecule has 1 aliphatic carbocycles. The smallest absolute Gasteiger partial charge is 0.312 e. The van der Waals surface area contributed by atoms with E-state index >= 15 is 4.57 Å². The molecule has 2 saturated heterocycles. The second-order valence-electron chi connectivity index (χ2n) is 10.8. The summed E-state index contributed by atoms with van der Waals surface area (Å²) in [6, 6.07) is 19.8. The molecular formula is C29H40N5O3P. The molecule has 0 spiro atoms. The Hall–Kier alpha value is -2.51. The number of hydrogen-bond acceptors (Lipinski definition) is 4. The minimum Gasteiger partial charge on any atom is -0.346 e. The summed E-state index contributed by atoms with van der Waals surface area (Å²) < 4.78 is 19.6. The van der Waals surface area contributed by atoms with Gasteiger partial charge in [0.15, 0.2) is 0 Å². The average molecular weight is 538 g/mol. The first kappa shape index (κ1) is 27.1. The highest BCUT2D eigenvalue weighted by atomic mass is 31.2. The number of fused-ring (bicyclic) bond motifs is 1. The summed E-state index contributed by atoms with van der Waals surface area (Å²) in [7, 11) is -3.58. The number of nitrogens with zero attached hydrogens (tertiary/aromatic N) is 2. The van der Waals surface area contributed by atoms with E-state index in [-0.39, 0.29) is 42.7 Å². The Balaban J connectivity index is 1.47. The van der Waals surface area contributed by atoms with E-state index in [0.29, 0.717) is 0 Å². The molecule has 0 bridgehead atoms. The fourth-order valence-corrected chi connectivity index (χ4v) is 9.98. The zero-order valence-electron chi connectivity index (χ0n) is 22.4. The van der Waals surface area contributed by atoms with Gasteiger partial charge in [0.05, 0.1) is 12.6 Å². The lowest BCUT2D eigenvalue weighted by Crippen LogP contribution is -2.46. The van der Waals surface area contributed by atoms with Crippen LogP contribution in [0.25, 0.3) is 0 Å². The number of hydrogen-bond donors (Lipinski definition) is 3.